The fourth-order valence-corrected chi connectivity index (χ4v) is 3.61. The van der Waals surface area contributed by atoms with Crippen molar-refractivity contribution in [3.63, 3.8) is 0 Å². The van der Waals surface area contributed by atoms with E-state index in [0.717, 1.165) is 18.2 Å². The van der Waals surface area contributed by atoms with E-state index in [1.807, 2.05) is 18.2 Å². The van der Waals surface area contributed by atoms with Crippen LogP contribution in [0.25, 0.3) is 0 Å². The minimum Gasteiger partial charge on any atom is -0.372 e. The van der Waals surface area contributed by atoms with E-state index in [1.165, 1.54) is 43.4 Å². The molecule has 2 N–H and O–H groups in total. The highest BCUT2D eigenvalue weighted by Crippen LogP contribution is 2.26. The Kier molecular flexibility index (Phi) is 7.08. The Balaban J connectivity index is 1.48. The van der Waals surface area contributed by atoms with Gasteiger partial charge in [0.2, 0.25) is 0 Å². The second-order valence-electron chi connectivity index (χ2n) is 7.17. The van der Waals surface area contributed by atoms with Crippen molar-refractivity contribution in [2.75, 3.05) is 19.0 Å². The molecule has 0 amide bonds. The third-order valence-electron chi connectivity index (χ3n) is 5.31. The summed E-state index contributed by atoms with van der Waals surface area (Å²) >= 11 is 0. The Bertz CT molecular complexity index is 705. The topological polar surface area (TPSA) is 52.6 Å². The Morgan fingerprint density at radius 1 is 1.04 bits per heavy atom. The molecule has 0 bridgehead atoms. The Labute approximate surface area is 162 Å². The van der Waals surface area contributed by atoms with Crippen LogP contribution in [0.1, 0.15) is 43.4 Å². The van der Waals surface area contributed by atoms with Crippen molar-refractivity contribution in [3.05, 3.63) is 59.9 Å². The lowest BCUT2D eigenvalue weighted by Crippen LogP contribution is -2.36. The average Bonchev–Trinajstić information content (AvgIpc) is 2.75. The van der Waals surface area contributed by atoms with E-state index in [1.54, 1.807) is 13.2 Å². The Hall–Kier alpha value is -2.56. The van der Waals surface area contributed by atoms with Crippen molar-refractivity contribution in [2.45, 2.75) is 51.2 Å². The molecule has 5 nitrogen and oxygen atoms in total. The summed E-state index contributed by atoms with van der Waals surface area (Å²) in [7, 11) is 4.02. The summed E-state index contributed by atoms with van der Waals surface area (Å²) in [5, 5.41) is 6.66. The van der Waals surface area contributed by atoms with Crippen LogP contribution in [0.3, 0.4) is 0 Å². The van der Waals surface area contributed by atoms with Gasteiger partial charge in [0, 0.05) is 38.6 Å². The summed E-state index contributed by atoms with van der Waals surface area (Å²) in [6, 6.07) is 15.5. The van der Waals surface area contributed by atoms with Crippen molar-refractivity contribution >= 4 is 11.6 Å². The number of rotatable bonds is 6. The van der Waals surface area contributed by atoms with Gasteiger partial charge in [-0.05, 0) is 42.7 Å². The van der Waals surface area contributed by atoms with Crippen LogP contribution < -0.4 is 15.5 Å². The summed E-state index contributed by atoms with van der Waals surface area (Å²) in [5.41, 5.74) is 3.55. The number of benzene rings is 1. The van der Waals surface area contributed by atoms with Crippen molar-refractivity contribution in [1.29, 1.82) is 0 Å². The maximum Gasteiger partial charge on any atom is 0.191 e. The maximum absolute atomic E-state index is 4.32. The van der Waals surface area contributed by atoms with E-state index < -0.39 is 0 Å². The molecule has 0 unspecified atom stereocenters. The lowest BCUT2D eigenvalue weighted by molar-refractivity contribution is 0.427. The number of nitrogens with one attached hydrogen (secondary N) is 2. The predicted octanol–water partition coefficient (Wildman–Crippen LogP) is 3.72. The first-order valence-electron chi connectivity index (χ1n) is 9.92. The molecule has 0 aliphatic heterocycles. The standard InChI is InChI=1S/C22H31N5/c1-23-22(26-17-19-8-6-7-15-24-19)25-16-18-11-13-21(14-12-18)27(2)20-9-4-3-5-10-20/h6-8,11-15,20H,3-5,9-10,16-17H2,1-2H3,(H2,23,25,26). The molecule has 1 heterocycles. The van der Waals surface area contributed by atoms with Crippen molar-refractivity contribution in [3.8, 4) is 0 Å². The maximum atomic E-state index is 4.32. The summed E-state index contributed by atoms with van der Waals surface area (Å²) in [6.45, 7) is 1.40. The number of nitrogens with zero attached hydrogens (tertiary/aromatic N) is 3. The fourth-order valence-electron chi connectivity index (χ4n) is 3.61. The van der Waals surface area contributed by atoms with Gasteiger partial charge in [0.15, 0.2) is 5.96 Å². The van der Waals surface area contributed by atoms with Crippen molar-refractivity contribution in [2.24, 2.45) is 4.99 Å². The molecule has 1 aliphatic carbocycles. The molecule has 1 fully saturated rings. The van der Waals surface area contributed by atoms with Gasteiger partial charge in [-0.15, -0.1) is 0 Å². The number of hydrogen-bond acceptors (Lipinski definition) is 3. The number of aromatic nitrogens is 1. The number of aliphatic imine (C=N–C) groups is 1. The van der Waals surface area contributed by atoms with Crippen LogP contribution in [-0.4, -0.2) is 31.1 Å². The minimum absolute atomic E-state index is 0.658. The molecule has 144 valence electrons. The monoisotopic (exact) mass is 365 g/mol. The number of guanidine groups is 1. The number of pyridine rings is 1. The second kappa shape index (κ2) is 9.95. The second-order valence-corrected chi connectivity index (χ2v) is 7.17. The van der Waals surface area contributed by atoms with Crippen LogP contribution in [-0.2, 0) is 13.1 Å². The van der Waals surface area contributed by atoms with Gasteiger partial charge in [0.25, 0.3) is 0 Å². The van der Waals surface area contributed by atoms with E-state index >= 15 is 0 Å². The van der Waals surface area contributed by atoms with Gasteiger partial charge >= 0.3 is 0 Å². The third-order valence-corrected chi connectivity index (χ3v) is 5.31. The third kappa shape index (κ3) is 5.71. The van der Waals surface area contributed by atoms with Gasteiger partial charge < -0.3 is 15.5 Å². The number of hydrogen-bond donors (Lipinski definition) is 2. The smallest absolute Gasteiger partial charge is 0.191 e. The molecule has 1 aromatic heterocycles. The van der Waals surface area contributed by atoms with Crippen LogP contribution in [0.4, 0.5) is 5.69 Å². The van der Waals surface area contributed by atoms with Crippen molar-refractivity contribution < 1.29 is 0 Å². The van der Waals surface area contributed by atoms with E-state index in [4.69, 9.17) is 0 Å². The minimum atomic E-state index is 0.658. The first kappa shape index (κ1) is 19.2. The average molecular weight is 366 g/mol. The Morgan fingerprint density at radius 3 is 2.44 bits per heavy atom. The van der Waals surface area contributed by atoms with Crippen LogP contribution in [0.2, 0.25) is 0 Å². The molecule has 1 aliphatic rings. The fraction of sp³-hybridized carbons (Fsp3) is 0.455. The van der Waals surface area contributed by atoms with E-state index in [2.05, 4.69) is 56.8 Å². The first-order chi connectivity index (χ1) is 13.3. The molecule has 2 aromatic rings. The van der Waals surface area contributed by atoms with Crippen molar-refractivity contribution in [1.82, 2.24) is 15.6 Å². The SMILES string of the molecule is CN=C(NCc1ccc(N(C)C2CCCCC2)cc1)NCc1ccccn1. The summed E-state index contributed by atoms with van der Waals surface area (Å²) in [6.07, 6.45) is 8.56. The lowest BCUT2D eigenvalue weighted by Gasteiger charge is -2.33. The molecular formula is C22H31N5. The summed E-state index contributed by atoms with van der Waals surface area (Å²) in [5.74, 6) is 0.782. The first-order valence-corrected chi connectivity index (χ1v) is 9.92. The molecule has 3 rings (SSSR count). The molecule has 1 saturated carbocycles. The molecule has 0 radical (unpaired) electrons. The zero-order valence-electron chi connectivity index (χ0n) is 16.5. The largest absolute Gasteiger partial charge is 0.372 e. The van der Waals surface area contributed by atoms with Gasteiger partial charge in [0.05, 0.1) is 12.2 Å². The quantitative estimate of drug-likeness (QED) is 0.605. The Morgan fingerprint density at radius 2 is 1.78 bits per heavy atom. The van der Waals surface area contributed by atoms with Gasteiger partial charge in [0.1, 0.15) is 0 Å². The zero-order valence-corrected chi connectivity index (χ0v) is 16.5. The normalized spacial score (nSPS) is 15.4. The highest BCUT2D eigenvalue weighted by Gasteiger charge is 2.18. The van der Waals surface area contributed by atoms with Crippen LogP contribution in [0.5, 0.6) is 0 Å². The van der Waals surface area contributed by atoms with Gasteiger partial charge in [-0.25, -0.2) is 0 Å². The molecule has 5 heteroatoms. The molecule has 0 saturated heterocycles. The van der Waals surface area contributed by atoms with Crippen LogP contribution >= 0.6 is 0 Å². The molecular weight excluding hydrogens is 334 g/mol. The zero-order chi connectivity index (χ0) is 18.9. The predicted molar refractivity (Wildman–Crippen MR) is 113 cm³/mol. The lowest BCUT2D eigenvalue weighted by atomic mass is 9.94. The highest BCUT2D eigenvalue weighted by molar-refractivity contribution is 5.79. The van der Waals surface area contributed by atoms with E-state index in [0.29, 0.717) is 12.6 Å². The van der Waals surface area contributed by atoms with Gasteiger partial charge in [-0.1, -0.05) is 37.5 Å². The van der Waals surface area contributed by atoms with Gasteiger partial charge in [-0.3, -0.25) is 9.98 Å². The summed E-state index contributed by atoms with van der Waals surface area (Å²) < 4.78 is 0. The molecule has 1 aromatic carbocycles. The summed E-state index contributed by atoms with van der Waals surface area (Å²) in [4.78, 5) is 11.0. The van der Waals surface area contributed by atoms with E-state index in [-0.39, 0.29) is 0 Å². The molecule has 27 heavy (non-hydrogen) atoms. The van der Waals surface area contributed by atoms with Crippen LogP contribution in [0.15, 0.2) is 53.7 Å². The molecule has 0 spiro atoms. The van der Waals surface area contributed by atoms with Crippen LogP contribution in [0, 0.1) is 0 Å². The molecule has 0 atom stereocenters. The highest BCUT2D eigenvalue weighted by atomic mass is 15.2. The van der Waals surface area contributed by atoms with E-state index in [9.17, 15) is 0 Å². The number of anilines is 1. The van der Waals surface area contributed by atoms with Gasteiger partial charge in [-0.2, -0.15) is 0 Å².